The van der Waals surface area contributed by atoms with Crippen LogP contribution in [0.15, 0.2) is 47.2 Å². The van der Waals surface area contributed by atoms with Crippen LogP contribution in [-0.2, 0) is 13.0 Å². The predicted molar refractivity (Wildman–Crippen MR) is 105 cm³/mol. The number of nitrogens with one attached hydrogen (secondary N) is 1. The van der Waals surface area contributed by atoms with E-state index in [4.69, 9.17) is 4.52 Å². The molecule has 0 bridgehead atoms. The third kappa shape index (κ3) is 4.09. The van der Waals surface area contributed by atoms with Gasteiger partial charge in [0, 0.05) is 56.1 Å². The molecule has 0 saturated carbocycles. The highest BCUT2D eigenvalue weighted by atomic mass is 16.5. The van der Waals surface area contributed by atoms with Gasteiger partial charge in [-0.05, 0) is 42.7 Å². The van der Waals surface area contributed by atoms with Crippen LogP contribution in [0.2, 0.25) is 0 Å². The van der Waals surface area contributed by atoms with Crippen molar-refractivity contribution in [1.82, 2.24) is 25.3 Å². The van der Waals surface area contributed by atoms with Gasteiger partial charge in [0.25, 0.3) is 5.91 Å². The summed E-state index contributed by atoms with van der Waals surface area (Å²) in [6.45, 7) is 6.46. The number of hydrogen-bond acceptors (Lipinski definition) is 6. The minimum atomic E-state index is -0.0811. The number of amides is 1. The summed E-state index contributed by atoms with van der Waals surface area (Å²) in [5, 5.41) is 6.98. The van der Waals surface area contributed by atoms with E-state index < -0.39 is 0 Å². The molecular weight excluding hydrogens is 354 g/mol. The van der Waals surface area contributed by atoms with Gasteiger partial charge >= 0.3 is 0 Å². The fourth-order valence-electron chi connectivity index (χ4n) is 3.52. The van der Waals surface area contributed by atoms with Crippen molar-refractivity contribution < 1.29 is 9.32 Å². The molecule has 2 aromatic heterocycles. The third-order valence-electron chi connectivity index (χ3n) is 4.94. The standard InChI is InChI=1S/C21H23N5O2/c1-14(12-26-10-8-16-7-9-22-11-19(16)13-26)23-21(27)18-5-3-17(4-6-18)20-24-15(2)28-25-20/h3-7,9,11,14H,8,10,12-13H2,1-2H3,(H,23,27)/t14-/m1/s1. The Labute approximate surface area is 163 Å². The van der Waals surface area contributed by atoms with Crippen LogP contribution in [0, 0.1) is 6.92 Å². The number of rotatable bonds is 5. The maximum absolute atomic E-state index is 12.6. The molecule has 0 aliphatic carbocycles. The molecule has 3 aromatic rings. The fourth-order valence-corrected chi connectivity index (χ4v) is 3.52. The summed E-state index contributed by atoms with van der Waals surface area (Å²) in [5.74, 6) is 0.960. The highest BCUT2D eigenvalue weighted by Gasteiger charge is 2.19. The minimum absolute atomic E-state index is 0.0465. The summed E-state index contributed by atoms with van der Waals surface area (Å²) in [5.41, 5.74) is 4.09. The first-order valence-corrected chi connectivity index (χ1v) is 9.44. The van der Waals surface area contributed by atoms with E-state index in [1.807, 2.05) is 31.5 Å². The van der Waals surface area contributed by atoms with Crippen molar-refractivity contribution in [2.45, 2.75) is 32.9 Å². The number of fused-ring (bicyclic) bond motifs is 1. The highest BCUT2D eigenvalue weighted by Crippen LogP contribution is 2.18. The lowest BCUT2D eigenvalue weighted by Crippen LogP contribution is -2.43. The molecule has 1 aliphatic heterocycles. The molecule has 0 fully saturated rings. The molecule has 1 N–H and O–H groups in total. The van der Waals surface area contributed by atoms with Gasteiger partial charge in [-0.3, -0.25) is 14.7 Å². The van der Waals surface area contributed by atoms with Gasteiger partial charge in [0.2, 0.25) is 11.7 Å². The number of carbonyl (C=O) groups is 1. The molecule has 0 radical (unpaired) electrons. The zero-order chi connectivity index (χ0) is 19.5. The monoisotopic (exact) mass is 377 g/mol. The lowest BCUT2D eigenvalue weighted by Gasteiger charge is -2.30. The second-order valence-electron chi connectivity index (χ2n) is 7.22. The second-order valence-corrected chi connectivity index (χ2v) is 7.22. The van der Waals surface area contributed by atoms with Crippen LogP contribution in [0.3, 0.4) is 0 Å². The maximum atomic E-state index is 12.6. The van der Waals surface area contributed by atoms with E-state index in [9.17, 15) is 4.79 Å². The molecule has 1 atom stereocenters. The van der Waals surface area contributed by atoms with Gasteiger partial charge in [0.15, 0.2) is 0 Å². The first-order valence-electron chi connectivity index (χ1n) is 9.44. The Morgan fingerprint density at radius 3 is 2.82 bits per heavy atom. The van der Waals surface area contributed by atoms with Gasteiger partial charge in [-0.25, -0.2) is 0 Å². The largest absolute Gasteiger partial charge is 0.348 e. The Kier molecular flexibility index (Phi) is 5.16. The number of hydrogen-bond donors (Lipinski definition) is 1. The average Bonchev–Trinajstić information content (AvgIpc) is 3.14. The van der Waals surface area contributed by atoms with Gasteiger partial charge in [0.1, 0.15) is 0 Å². The number of benzene rings is 1. The van der Waals surface area contributed by atoms with Gasteiger partial charge in [-0.1, -0.05) is 17.3 Å². The van der Waals surface area contributed by atoms with Crippen LogP contribution in [-0.4, -0.2) is 45.1 Å². The Morgan fingerprint density at radius 1 is 1.25 bits per heavy atom. The Morgan fingerprint density at radius 2 is 2.07 bits per heavy atom. The van der Waals surface area contributed by atoms with Crippen molar-refractivity contribution in [3.63, 3.8) is 0 Å². The van der Waals surface area contributed by atoms with Gasteiger partial charge < -0.3 is 9.84 Å². The third-order valence-corrected chi connectivity index (χ3v) is 4.94. The molecule has 7 nitrogen and oxygen atoms in total. The van der Waals surface area contributed by atoms with E-state index >= 15 is 0 Å². The van der Waals surface area contributed by atoms with E-state index in [2.05, 4.69) is 31.4 Å². The summed E-state index contributed by atoms with van der Waals surface area (Å²) >= 11 is 0. The minimum Gasteiger partial charge on any atom is -0.348 e. The molecule has 1 aromatic carbocycles. The lowest BCUT2D eigenvalue weighted by molar-refractivity contribution is 0.0927. The molecule has 0 spiro atoms. The molecule has 144 valence electrons. The van der Waals surface area contributed by atoms with Crippen LogP contribution in [0.4, 0.5) is 0 Å². The topological polar surface area (TPSA) is 84.2 Å². The van der Waals surface area contributed by atoms with E-state index in [1.54, 1.807) is 19.1 Å². The first-order chi connectivity index (χ1) is 13.6. The van der Waals surface area contributed by atoms with E-state index in [0.717, 1.165) is 31.6 Å². The Balaban J connectivity index is 1.33. The van der Waals surface area contributed by atoms with E-state index in [-0.39, 0.29) is 11.9 Å². The number of carbonyl (C=O) groups excluding carboxylic acids is 1. The van der Waals surface area contributed by atoms with Crippen LogP contribution < -0.4 is 5.32 Å². The van der Waals surface area contributed by atoms with Crippen molar-refractivity contribution in [2.24, 2.45) is 0 Å². The molecule has 4 rings (SSSR count). The quantitative estimate of drug-likeness (QED) is 0.736. The van der Waals surface area contributed by atoms with Crippen LogP contribution >= 0.6 is 0 Å². The number of aromatic nitrogens is 3. The molecule has 1 aliphatic rings. The van der Waals surface area contributed by atoms with Crippen molar-refractivity contribution in [3.05, 3.63) is 65.3 Å². The smallest absolute Gasteiger partial charge is 0.251 e. The summed E-state index contributed by atoms with van der Waals surface area (Å²) in [7, 11) is 0. The summed E-state index contributed by atoms with van der Waals surface area (Å²) < 4.78 is 4.99. The van der Waals surface area contributed by atoms with E-state index in [1.165, 1.54) is 11.1 Å². The van der Waals surface area contributed by atoms with Gasteiger partial charge in [-0.15, -0.1) is 0 Å². The normalized spacial score (nSPS) is 15.1. The summed E-state index contributed by atoms with van der Waals surface area (Å²) in [4.78, 5) is 23.3. The Bertz CT molecular complexity index is 967. The molecule has 7 heteroatoms. The first kappa shape index (κ1) is 18.3. The predicted octanol–water partition coefficient (Wildman–Crippen LogP) is 2.62. The van der Waals surface area contributed by atoms with Crippen LogP contribution in [0.1, 0.15) is 34.3 Å². The number of aryl methyl sites for hydroxylation is 1. The molecule has 3 heterocycles. The molecule has 1 amide bonds. The van der Waals surface area contributed by atoms with Crippen LogP contribution in [0.5, 0.6) is 0 Å². The number of nitrogens with zero attached hydrogens (tertiary/aromatic N) is 4. The van der Waals surface area contributed by atoms with Crippen molar-refractivity contribution >= 4 is 5.91 Å². The Hall–Kier alpha value is -3.06. The lowest BCUT2D eigenvalue weighted by atomic mass is 10.0. The zero-order valence-electron chi connectivity index (χ0n) is 16.1. The maximum Gasteiger partial charge on any atom is 0.251 e. The van der Waals surface area contributed by atoms with Crippen molar-refractivity contribution in [3.8, 4) is 11.4 Å². The molecule has 0 saturated heterocycles. The van der Waals surface area contributed by atoms with Gasteiger partial charge in [0.05, 0.1) is 0 Å². The van der Waals surface area contributed by atoms with Gasteiger partial charge in [-0.2, -0.15) is 4.98 Å². The average molecular weight is 377 g/mol. The SMILES string of the molecule is Cc1nc(-c2ccc(C(=O)N[C@H](C)CN3CCc4ccncc4C3)cc2)no1. The zero-order valence-corrected chi connectivity index (χ0v) is 16.1. The molecule has 0 unspecified atom stereocenters. The second kappa shape index (κ2) is 7.90. The van der Waals surface area contributed by atoms with E-state index in [0.29, 0.717) is 17.3 Å². The number of pyridine rings is 1. The van der Waals surface area contributed by atoms with Crippen molar-refractivity contribution in [1.29, 1.82) is 0 Å². The fraction of sp³-hybridized carbons (Fsp3) is 0.333. The highest BCUT2D eigenvalue weighted by molar-refractivity contribution is 5.94. The van der Waals surface area contributed by atoms with Crippen LogP contribution in [0.25, 0.3) is 11.4 Å². The van der Waals surface area contributed by atoms with Crippen molar-refractivity contribution in [2.75, 3.05) is 13.1 Å². The molecule has 28 heavy (non-hydrogen) atoms. The summed E-state index contributed by atoms with van der Waals surface area (Å²) in [6.07, 6.45) is 4.82. The summed E-state index contributed by atoms with van der Waals surface area (Å²) in [6, 6.07) is 9.37. The molecular formula is C21H23N5O2.